The number of halogens is 1. The minimum atomic E-state index is -0.801. The summed E-state index contributed by atoms with van der Waals surface area (Å²) < 4.78 is 0.833. The number of carbonyl (C=O) groups excluding carboxylic acids is 2. The highest BCUT2D eigenvalue weighted by Gasteiger charge is 2.39. The lowest BCUT2D eigenvalue weighted by Gasteiger charge is -2.28. The van der Waals surface area contributed by atoms with E-state index in [1.807, 2.05) is 0 Å². The fraction of sp³-hybridized carbons (Fsp3) is 0.500. The number of hydrogen-bond donors (Lipinski definition) is 2. The van der Waals surface area contributed by atoms with Gasteiger partial charge in [0.2, 0.25) is 11.8 Å². The van der Waals surface area contributed by atoms with Crippen molar-refractivity contribution >= 4 is 33.6 Å². The third-order valence-electron chi connectivity index (χ3n) is 3.64. The van der Waals surface area contributed by atoms with Crippen LogP contribution in [0.5, 0.6) is 0 Å². The smallest absolute Gasteiger partial charge is 0.245 e. The Morgan fingerprint density at radius 3 is 2.67 bits per heavy atom. The molecule has 6 nitrogen and oxygen atoms in total. The molecular formula is C14H19BrN4O2. The zero-order valence-electron chi connectivity index (χ0n) is 11.9. The number of anilines is 1. The number of pyridine rings is 1. The van der Waals surface area contributed by atoms with Gasteiger partial charge in [0.05, 0.1) is 12.1 Å². The van der Waals surface area contributed by atoms with Crippen molar-refractivity contribution in [2.45, 2.75) is 31.2 Å². The lowest BCUT2D eigenvalue weighted by Crippen LogP contribution is -2.53. The molecule has 1 aliphatic rings. The van der Waals surface area contributed by atoms with E-state index >= 15 is 0 Å². The molecule has 2 rings (SSSR count). The van der Waals surface area contributed by atoms with Crippen LogP contribution in [0.3, 0.4) is 0 Å². The molecule has 114 valence electrons. The first-order valence-electron chi connectivity index (χ1n) is 6.86. The molecule has 0 aromatic carbocycles. The van der Waals surface area contributed by atoms with Crippen LogP contribution >= 0.6 is 15.9 Å². The van der Waals surface area contributed by atoms with Gasteiger partial charge in [-0.2, -0.15) is 0 Å². The van der Waals surface area contributed by atoms with E-state index in [4.69, 9.17) is 5.73 Å². The Hall–Kier alpha value is -1.47. The average molecular weight is 355 g/mol. The molecule has 1 aromatic heterocycles. The Kier molecular flexibility index (Phi) is 4.95. The predicted octanol–water partition coefficient (Wildman–Crippen LogP) is 1.51. The van der Waals surface area contributed by atoms with Crippen molar-refractivity contribution < 1.29 is 9.59 Å². The first-order chi connectivity index (χ1) is 9.90. The van der Waals surface area contributed by atoms with Crippen LogP contribution in [0.25, 0.3) is 0 Å². The van der Waals surface area contributed by atoms with Gasteiger partial charge in [0, 0.05) is 17.7 Å². The van der Waals surface area contributed by atoms with Crippen LogP contribution in [-0.4, -0.2) is 40.8 Å². The van der Waals surface area contributed by atoms with E-state index in [1.54, 1.807) is 25.4 Å². The normalized spacial score (nSPS) is 16.5. The van der Waals surface area contributed by atoms with Crippen LogP contribution in [-0.2, 0) is 9.59 Å². The molecule has 1 aliphatic carbocycles. The SMILES string of the molecule is CN(CC(=O)Nc1ccc(Br)cn1)C(=O)C1(N)CCCC1. The number of nitrogens with zero attached hydrogens (tertiary/aromatic N) is 2. The summed E-state index contributed by atoms with van der Waals surface area (Å²) in [7, 11) is 1.60. The van der Waals surface area contributed by atoms with E-state index < -0.39 is 5.54 Å². The molecule has 0 spiro atoms. The van der Waals surface area contributed by atoms with Gasteiger partial charge in [0.15, 0.2) is 0 Å². The van der Waals surface area contributed by atoms with E-state index in [0.717, 1.165) is 17.3 Å². The molecule has 0 saturated heterocycles. The molecule has 21 heavy (non-hydrogen) atoms. The van der Waals surface area contributed by atoms with Gasteiger partial charge in [-0.3, -0.25) is 9.59 Å². The van der Waals surface area contributed by atoms with Crippen LogP contribution in [0.2, 0.25) is 0 Å². The van der Waals surface area contributed by atoms with Gasteiger partial charge in [0.25, 0.3) is 0 Å². The van der Waals surface area contributed by atoms with Crippen molar-refractivity contribution in [2.24, 2.45) is 5.73 Å². The molecule has 2 amide bonds. The molecule has 7 heteroatoms. The zero-order chi connectivity index (χ0) is 15.5. The summed E-state index contributed by atoms with van der Waals surface area (Å²) in [4.78, 5) is 29.7. The largest absolute Gasteiger partial charge is 0.335 e. The number of likely N-dealkylation sites (N-methyl/N-ethyl adjacent to an activating group) is 1. The summed E-state index contributed by atoms with van der Waals surface area (Å²) in [6, 6.07) is 3.47. The number of nitrogens with two attached hydrogens (primary N) is 1. The maximum Gasteiger partial charge on any atom is 0.245 e. The lowest BCUT2D eigenvalue weighted by molar-refractivity contribution is -0.138. The van der Waals surface area contributed by atoms with E-state index in [-0.39, 0.29) is 18.4 Å². The topological polar surface area (TPSA) is 88.3 Å². The molecule has 0 atom stereocenters. The van der Waals surface area contributed by atoms with Crippen molar-refractivity contribution in [3.63, 3.8) is 0 Å². The van der Waals surface area contributed by atoms with Crippen molar-refractivity contribution in [2.75, 3.05) is 18.9 Å². The Morgan fingerprint density at radius 1 is 1.43 bits per heavy atom. The van der Waals surface area contributed by atoms with Gasteiger partial charge in [-0.15, -0.1) is 0 Å². The monoisotopic (exact) mass is 354 g/mol. The van der Waals surface area contributed by atoms with Crippen molar-refractivity contribution in [3.05, 3.63) is 22.8 Å². The highest BCUT2D eigenvalue weighted by atomic mass is 79.9. The summed E-state index contributed by atoms with van der Waals surface area (Å²) in [5, 5.41) is 2.65. The highest BCUT2D eigenvalue weighted by Crippen LogP contribution is 2.28. The average Bonchev–Trinajstić information content (AvgIpc) is 2.88. The van der Waals surface area contributed by atoms with Gasteiger partial charge in [0.1, 0.15) is 5.82 Å². The first-order valence-corrected chi connectivity index (χ1v) is 7.66. The molecule has 3 N–H and O–H groups in total. The van der Waals surface area contributed by atoms with E-state index in [1.165, 1.54) is 4.90 Å². The Bertz CT molecular complexity index is 526. The fourth-order valence-electron chi connectivity index (χ4n) is 2.52. The van der Waals surface area contributed by atoms with Crippen LogP contribution < -0.4 is 11.1 Å². The Morgan fingerprint density at radius 2 is 2.10 bits per heavy atom. The lowest BCUT2D eigenvalue weighted by atomic mass is 9.97. The molecule has 1 saturated carbocycles. The molecule has 1 fully saturated rings. The molecule has 0 bridgehead atoms. The minimum Gasteiger partial charge on any atom is -0.335 e. The number of nitrogens with one attached hydrogen (secondary N) is 1. The Balaban J connectivity index is 1.89. The summed E-state index contributed by atoms with van der Waals surface area (Å²) in [6.45, 7) is -0.0322. The summed E-state index contributed by atoms with van der Waals surface area (Å²) in [5.41, 5.74) is 5.31. The zero-order valence-corrected chi connectivity index (χ0v) is 13.5. The van der Waals surface area contributed by atoms with E-state index in [9.17, 15) is 9.59 Å². The maximum absolute atomic E-state index is 12.3. The minimum absolute atomic E-state index is 0.0322. The molecule has 0 radical (unpaired) electrons. The fourth-order valence-corrected chi connectivity index (χ4v) is 2.75. The summed E-state index contributed by atoms with van der Waals surface area (Å²) in [6.07, 6.45) is 4.90. The third-order valence-corrected chi connectivity index (χ3v) is 4.11. The number of amides is 2. The van der Waals surface area contributed by atoms with Gasteiger partial charge in [-0.05, 0) is 40.9 Å². The van der Waals surface area contributed by atoms with Crippen LogP contribution in [0, 0.1) is 0 Å². The van der Waals surface area contributed by atoms with Gasteiger partial charge in [-0.1, -0.05) is 12.8 Å². The summed E-state index contributed by atoms with van der Waals surface area (Å²) >= 11 is 3.27. The third kappa shape index (κ3) is 4.01. The number of carbonyl (C=O) groups is 2. The molecule has 0 aliphatic heterocycles. The highest BCUT2D eigenvalue weighted by molar-refractivity contribution is 9.10. The van der Waals surface area contributed by atoms with Crippen LogP contribution in [0.1, 0.15) is 25.7 Å². The van der Waals surface area contributed by atoms with Crippen LogP contribution in [0.4, 0.5) is 5.82 Å². The quantitative estimate of drug-likeness (QED) is 0.857. The van der Waals surface area contributed by atoms with E-state index in [0.29, 0.717) is 18.7 Å². The Labute approximate surface area is 132 Å². The number of rotatable bonds is 4. The second-order valence-electron chi connectivity index (χ2n) is 5.43. The second-order valence-corrected chi connectivity index (χ2v) is 6.35. The number of aromatic nitrogens is 1. The molecule has 0 unspecified atom stereocenters. The van der Waals surface area contributed by atoms with Crippen molar-refractivity contribution in [1.82, 2.24) is 9.88 Å². The molecule has 1 heterocycles. The maximum atomic E-state index is 12.3. The first kappa shape index (κ1) is 15.9. The van der Waals surface area contributed by atoms with Gasteiger partial charge in [-0.25, -0.2) is 4.98 Å². The predicted molar refractivity (Wildman–Crippen MR) is 83.6 cm³/mol. The van der Waals surface area contributed by atoms with Crippen molar-refractivity contribution in [3.8, 4) is 0 Å². The standard InChI is InChI=1S/C14H19BrN4O2/c1-19(13(21)14(16)6-2-3-7-14)9-12(20)18-11-5-4-10(15)8-17-11/h4-5,8H,2-3,6-7,9,16H2,1H3,(H,17,18,20). The van der Waals surface area contributed by atoms with Gasteiger partial charge < -0.3 is 16.0 Å². The number of hydrogen-bond acceptors (Lipinski definition) is 4. The molecular weight excluding hydrogens is 336 g/mol. The second kappa shape index (κ2) is 6.53. The van der Waals surface area contributed by atoms with E-state index in [2.05, 4.69) is 26.2 Å². The summed E-state index contributed by atoms with van der Waals surface area (Å²) in [5.74, 6) is -0.00596. The van der Waals surface area contributed by atoms with Gasteiger partial charge >= 0.3 is 0 Å². The van der Waals surface area contributed by atoms with Crippen molar-refractivity contribution in [1.29, 1.82) is 0 Å². The van der Waals surface area contributed by atoms with Crippen LogP contribution in [0.15, 0.2) is 22.8 Å². The molecule has 1 aromatic rings.